The first-order valence-electron chi connectivity index (χ1n) is 8.11. The van der Waals surface area contributed by atoms with Crippen molar-refractivity contribution in [3.63, 3.8) is 0 Å². The zero-order valence-electron chi connectivity index (χ0n) is 14.3. The molecular weight excluding hydrogens is 376 g/mol. The molecule has 0 bridgehead atoms. The third kappa shape index (κ3) is 4.61. The first kappa shape index (κ1) is 19.3. The van der Waals surface area contributed by atoms with Crippen LogP contribution in [0.15, 0.2) is 60.9 Å². The van der Waals surface area contributed by atoms with Gasteiger partial charge in [-0.25, -0.2) is 14.4 Å². The van der Waals surface area contributed by atoms with Gasteiger partial charge in [0.1, 0.15) is 17.3 Å². The number of hydrogen-bond donors (Lipinski definition) is 2. The van der Waals surface area contributed by atoms with Gasteiger partial charge in [-0.2, -0.15) is 13.2 Å². The number of anilines is 2. The van der Waals surface area contributed by atoms with Crippen LogP contribution in [-0.2, 0) is 12.7 Å². The number of carbonyl (C=O) groups excluding carboxylic acids is 1. The van der Waals surface area contributed by atoms with Crippen molar-refractivity contribution in [1.82, 2.24) is 15.3 Å². The van der Waals surface area contributed by atoms with Crippen LogP contribution in [0.1, 0.15) is 21.6 Å². The first-order valence-corrected chi connectivity index (χ1v) is 8.11. The number of hydrogen-bond acceptors (Lipinski definition) is 4. The lowest BCUT2D eigenvalue weighted by molar-refractivity contribution is -0.136. The van der Waals surface area contributed by atoms with E-state index in [1.54, 1.807) is 6.07 Å². The molecule has 0 aliphatic heterocycles. The lowest BCUT2D eigenvalue weighted by Gasteiger charge is -2.13. The molecule has 2 aromatic carbocycles. The van der Waals surface area contributed by atoms with Gasteiger partial charge in [-0.3, -0.25) is 4.79 Å². The molecule has 2 N–H and O–H groups in total. The average Bonchev–Trinajstić information content (AvgIpc) is 2.67. The third-order valence-electron chi connectivity index (χ3n) is 3.78. The Hall–Kier alpha value is -3.49. The molecule has 28 heavy (non-hydrogen) atoms. The molecule has 0 unspecified atom stereocenters. The first-order chi connectivity index (χ1) is 13.3. The molecule has 1 amide bonds. The van der Waals surface area contributed by atoms with Crippen LogP contribution >= 0.6 is 0 Å². The van der Waals surface area contributed by atoms with Crippen LogP contribution in [0, 0.1) is 5.82 Å². The number of carbonyl (C=O) groups is 1. The molecule has 9 heteroatoms. The standard InChI is InChI=1S/C19H14F4N4O/c20-14-7-3-1-5-12(14)9-26-18(28)16-10-25-17(11-24-16)27-15-8-4-2-6-13(15)19(21,22)23/h1-8,10-11H,9H2,(H,25,27)(H,26,28). The van der Waals surface area contributed by atoms with Crippen LogP contribution in [-0.4, -0.2) is 15.9 Å². The molecule has 0 aliphatic rings. The number of rotatable bonds is 5. The number of aromatic nitrogens is 2. The SMILES string of the molecule is O=C(NCc1ccccc1F)c1cnc(Nc2ccccc2C(F)(F)F)cn1. The second-order valence-corrected chi connectivity index (χ2v) is 5.73. The van der Waals surface area contributed by atoms with E-state index in [1.807, 2.05) is 0 Å². The summed E-state index contributed by atoms with van der Waals surface area (Å²) >= 11 is 0. The summed E-state index contributed by atoms with van der Waals surface area (Å²) in [6.07, 6.45) is -2.26. The Morgan fingerprint density at radius 2 is 1.68 bits per heavy atom. The maximum atomic E-state index is 13.6. The van der Waals surface area contributed by atoms with Crippen LogP contribution in [0.3, 0.4) is 0 Å². The summed E-state index contributed by atoms with van der Waals surface area (Å²) in [6, 6.07) is 10.9. The summed E-state index contributed by atoms with van der Waals surface area (Å²) in [5, 5.41) is 5.04. The minimum atomic E-state index is -4.52. The smallest absolute Gasteiger partial charge is 0.346 e. The van der Waals surface area contributed by atoms with Crippen molar-refractivity contribution in [1.29, 1.82) is 0 Å². The van der Waals surface area contributed by atoms with Crippen molar-refractivity contribution in [2.45, 2.75) is 12.7 Å². The molecule has 0 atom stereocenters. The Morgan fingerprint density at radius 3 is 2.36 bits per heavy atom. The van der Waals surface area contributed by atoms with Crippen LogP contribution in [0.5, 0.6) is 0 Å². The Balaban J connectivity index is 1.67. The van der Waals surface area contributed by atoms with Crippen molar-refractivity contribution < 1.29 is 22.4 Å². The molecule has 1 aromatic heterocycles. The molecule has 0 saturated heterocycles. The molecule has 0 fully saturated rings. The molecule has 1 heterocycles. The molecule has 3 rings (SSSR count). The summed E-state index contributed by atoms with van der Waals surface area (Å²) in [5.74, 6) is -0.989. The van der Waals surface area contributed by atoms with Crippen molar-refractivity contribution >= 4 is 17.4 Å². The van der Waals surface area contributed by atoms with Gasteiger partial charge in [-0.05, 0) is 18.2 Å². The predicted octanol–water partition coefficient (Wildman–Crippen LogP) is 4.31. The normalized spacial score (nSPS) is 11.1. The van der Waals surface area contributed by atoms with Crippen LogP contribution < -0.4 is 10.6 Å². The number of alkyl halides is 3. The van der Waals surface area contributed by atoms with E-state index in [2.05, 4.69) is 20.6 Å². The molecule has 0 spiro atoms. The molecule has 0 radical (unpaired) electrons. The van der Waals surface area contributed by atoms with E-state index in [9.17, 15) is 22.4 Å². The van der Waals surface area contributed by atoms with Crippen molar-refractivity contribution in [2.75, 3.05) is 5.32 Å². The lowest BCUT2D eigenvalue weighted by atomic mass is 10.1. The summed E-state index contributed by atoms with van der Waals surface area (Å²) in [4.78, 5) is 19.9. The molecular formula is C19H14F4N4O. The van der Waals surface area contributed by atoms with E-state index in [0.29, 0.717) is 5.56 Å². The molecule has 3 aromatic rings. The average molecular weight is 390 g/mol. The fourth-order valence-corrected chi connectivity index (χ4v) is 2.39. The highest BCUT2D eigenvalue weighted by Crippen LogP contribution is 2.35. The van der Waals surface area contributed by atoms with E-state index in [1.165, 1.54) is 36.4 Å². The largest absolute Gasteiger partial charge is 0.418 e. The maximum absolute atomic E-state index is 13.6. The predicted molar refractivity (Wildman–Crippen MR) is 94.3 cm³/mol. The Labute approximate surface area is 157 Å². The van der Waals surface area contributed by atoms with E-state index in [0.717, 1.165) is 18.5 Å². The van der Waals surface area contributed by atoms with Gasteiger partial charge >= 0.3 is 6.18 Å². The van der Waals surface area contributed by atoms with Gasteiger partial charge < -0.3 is 10.6 Å². The van der Waals surface area contributed by atoms with Crippen LogP contribution in [0.2, 0.25) is 0 Å². The van der Waals surface area contributed by atoms with Gasteiger partial charge in [0.25, 0.3) is 5.91 Å². The Bertz CT molecular complexity index is 974. The van der Waals surface area contributed by atoms with Crippen molar-refractivity contribution in [3.05, 3.63) is 83.6 Å². The van der Waals surface area contributed by atoms with Crippen molar-refractivity contribution in [3.8, 4) is 0 Å². The van der Waals surface area contributed by atoms with E-state index >= 15 is 0 Å². The van der Waals surface area contributed by atoms with Crippen molar-refractivity contribution in [2.24, 2.45) is 0 Å². The fraction of sp³-hybridized carbons (Fsp3) is 0.105. The van der Waals surface area contributed by atoms with Gasteiger partial charge in [0.05, 0.1) is 23.6 Å². The van der Waals surface area contributed by atoms with E-state index in [4.69, 9.17) is 0 Å². The number of nitrogens with one attached hydrogen (secondary N) is 2. The maximum Gasteiger partial charge on any atom is 0.418 e. The minimum absolute atomic E-state index is 0.0356. The fourth-order valence-electron chi connectivity index (χ4n) is 2.39. The van der Waals surface area contributed by atoms with Gasteiger partial charge in [-0.1, -0.05) is 30.3 Å². The number of halogens is 4. The second kappa shape index (κ2) is 8.03. The molecule has 0 saturated carbocycles. The quantitative estimate of drug-likeness (QED) is 0.638. The highest BCUT2D eigenvalue weighted by molar-refractivity contribution is 5.92. The number of benzene rings is 2. The van der Waals surface area contributed by atoms with Gasteiger partial charge in [-0.15, -0.1) is 0 Å². The van der Waals surface area contributed by atoms with E-state index < -0.39 is 23.5 Å². The second-order valence-electron chi connectivity index (χ2n) is 5.73. The summed E-state index contributed by atoms with van der Waals surface area (Å²) in [7, 11) is 0. The molecule has 0 aliphatic carbocycles. The van der Waals surface area contributed by atoms with E-state index in [-0.39, 0.29) is 23.7 Å². The zero-order valence-corrected chi connectivity index (χ0v) is 14.3. The van der Waals surface area contributed by atoms with Crippen LogP contribution in [0.25, 0.3) is 0 Å². The topological polar surface area (TPSA) is 66.9 Å². The van der Waals surface area contributed by atoms with Gasteiger partial charge in [0.15, 0.2) is 0 Å². The Kier molecular flexibility index (Phi) is 5.53. The minimum Gasteiger partial charge on any atom is -0.346 e. The highest BCUT2D eigenvalue weighted by atomic mass is 19.4. The zero-order chi connectivity index (χ0) is 20.1. The summed E-state index contributed by atoms with van der Waals surface area (Å²) in [6.45, 7) is -0.0356. The van der Waals surface area contributed by atoms with Gasteiger partial charge in [0.2, 0.25) is 0 Å². The number of para-hydroxylation sites is 1. The summed E-state index contributed by atoms with van der Waals surface area (Å²) < 4.78 is 52.6. The lowest BCUT2D eigenvalue weighted by Crippen LogP contribution is -2.24. The molecule has 144 valence electrons. The molecule has 5 nitrogen and oxygen atoms in total. The van der Waals surface area contributed by atoms with Crippen LogP contribution in [0.4, 0.5) is 29.1 Å². The number of amides is 1. The van der Waals surface area contributed by atoms with Gasteiger partial charge in [0, 0.05) is 12.1 Å². The highest BCUT2D eigenvalue weighted by Gasteiger charge is 2.33. The summed E-state index contributed by atoms with van der Waals surface area (Å²) in [5.41, 5.74) is -0.763. The Morgan fingerprint density at radius 1 is 0.964 bits per heavy atom. The monoisotopic (exact) mass is 390 g/mol. The number of nitrogens with zero attached hydrogens (tertiary/aromatic N) is 2. The third-order valence-corrected chi connectivity index (χ3v) is 3.78.